The van der Waals surface area contributed by atoms with Crippen molar-refractivity contribution in [1.29, 1.82) is 0 Å². The molecule has 0 spiro atoms. The molecule has 0 unspecified atom stereocenters. The van der Waals surface area contributed by atoms with Gasteiger partial charge in [-0.05, 0) is 24.6 Å². The number of ether oxygens (including phenoxy) is 2. The number of hydrogen-bond acceptors (Lipinski definition) is 5. The fraction of sp³-hybridized carbons (Fsp3) is 0.357. The molecule has 116 valence electrons. The monoisotopic (exact) mass is 305 g/mol. The Bertz CT molecular complexity index is 700. The van der Waals surface area contributed by atoms with Gasteiger partial charge in [0.2, 0.25) is 6.79 Å². The quantitative estimate of drug-likeness (QED) is 0.616. The first-order chi connectivity index (χ1) is 10.4. The highest BCUT2D eigenvalue weighted by Gasteiger charge is 2.42. The summed E-state index contributed by atoms with van der Waals surface area (Å²) < 4.78 is 10.6. The maximum atomic E-state index is 12.3. The molecule has 1 aromatic rings. The smallest absolute Gasteiger partial charge is 0.324 e. The number of hydrogen-bond donors (Lipinski definition) is 0. The maximum absolute atomic E-state index is 12.3. The Morgan fingerprint density at radius 3 is 2.64 bits per heavy atom. The molecule has 8 nitrogen and oxygen atoms in total. The van der Waals surface area contributed by atoms with E-state index in [-0.39, 0.29) is 18.5 Å². The van der Waals surface area contributed by atoms with Crippen LogP contribution < -0.4 is 9.47 Å². The third-order valence-electron chi connectivity index (χ3n) is 4.02. The molecule has 8 heteroatoms. The molecule has 2 heterocycles. The Hall–Kier alpha value is -2.77. The van der Waals surface area contributed by atoms with Crippen LogP contribution in [0.25, 0.3) is 0 Å². The molecule has 0 radical (unpaired) electrons. The van der Waals surface area contributed by atoms with Crippen LogP contribution in [0.1, 0.15) is 18.5 Å². The normalized spacial score (nSPS) is 20.7. The van der Waals surface area contributed by atoms with Gasteiger partial charge in [0.05, 0.1) is 10.6 Å². The molecule has 0 saturated carbocycles. The molecule has 2 aliphatic rings. The van der Waals surface area contributed by atoms with Crippen molar-refractivity contribution in [3.63, 3.8) is 0 Å². The van der Waals surface area contributed by atoms with E-state index in [4.69, 9.17) is 9.47 Å². The van der Waals surface area contributed by atoms with Crippen molar-refractivity contribution in [2.45, 2.75) is 13.0 Å². The van der Waals surface area contributed by atoms with Gasteiger partial charge >= 0.3 is 6.03 Å². The predicted octanol–water partition coefficient (Wildman–Crippen LogP) is 1.96. The van der Waals surface area contributed by atoms with E-state index in [0.717, 1.165) is 0 Å². The van der Waals surface area contributed by atoms with Crippen LogP contribution in [0.3, 0.4) is 0 Å². The van der Waals surface area contributed by atoms with Crippen molar-refractivity contribution in [2.24, 2.45) is 0 Å². The minimum Gasteiger partial charge on any atom is -0.454 e. The number of likely N-dealkylation sites (N-methyl/N-ethyl adjacent to an activating group) is 1. The van der Waals surface area contributed by atoms with Crippen molar-refractivity contribution in [2.75, 3.05) is 20.9 Å². The zero-order valence-corrected chi connectivity index (χ0v) is 12.4. The molecule has 1 atom stereocenters. The van der Waals surface area contributed by atoms with Gasteiger partial charge in [-0.15, -0.1) is 0 Å². The van der Waals surface area contributed by atoms with Gasteiger partial charge in [-0.2, -0.15) is 0 Å². The summed E-state index contributed by atoms with van der Waals surface area (Å²) >= 11 is 0. The van der Waals surface area contributed by atoms with Gasteiger partial charge < -0.3 is 14.4 Å². The van der Waals surface area contributed by atoms with Crippen LogP contribution in [0.15, 0.2) is 29.6 Å². The van der Waals surface area contributed by atoms with E-state index >= 15 is 0 Å². The summed E-state index contributed by atoms with van der Waals surface area (Å²) in [6.45, 7) is 1.70. The van der Waals surface area contributed by atoms with E-state index < -0.39 is 11.0 Å². The van der Waals surface area contributed by atoms with Gasteiger partial charge in [0.15, 0.2) is 17.5 Å². The van der Waals surface area contributed by atoms with Crippen LogP contribution in [0.4, 0.5) is 4.79 Å². The Labute approximate surface area is 126 Å². The first-order valence-electron chi connectivity index (χ1n) is 6.67. The molecule has 0 N–H and O–H groups in total. The topological polar surface area (TPSA) is 85.1 Å². The van der Waals surface area contributed by atoms with E-state index in [1.807, 2.05) is 0 Å². The second-order valence-corrected chi connectivity index (χ2v) is 5.20. The number of urea groups is 1. The van der Waals surface area contributed by atoms with E-state index in [1.165, 1.54) is 16.8 Å². The SMILES string of the molecule is CC1=C([N+](=O)[O-])[C@@H](c2ccc3c(c2)OCO3)N(C)C(=O)N1C. The van der Waals surface area contributed by atoms with Crippen LogP contribution in [0.2, 0.25) is 0 Å². The van der Waals surface area contributed by atoms with Crippen LogP contribution in [-0.4, -0.2) is 41.6 Å². The van der Waals surface area contributed by atoms with Crippen molar-refractivity contribution in [1.82, 2.24) is 9.80 Å². The number of nitrogens with zero attached hydrogens (tertiary/aromatic N) is 3. The molecule has 0 saturated heterocycles. The first-order valence-corrected chi connectivity index (χ1v) is 6.67. The number of nitro groups is 1. The lowest BCUT2D eigenvalue weighted by atomic mass is 9.98. The molecule has 2 amide bonds. The number of carbonyl (C=O) groups excluding carboxylic acids is 1. The molecule has 3 rings (SSSR count). The van der Waals surface area contributed by atoms with Gasteiger partial charge in [0.1, 0.15) is 0 Å². The largest absolute Gasteiger partial charge is 0.454 e. The molecule has 0 fully saturated rings. The highest BCUT2D eigenvalue weighted by Crippen LogP contribution is 2.40. The molecular formula is C14H15N3O5. The first kappa shape index (κ1) is 14.2. The number of allylic oxidation sites excluding steroid dienone is 1. The lowest BCUT2D eigenvalue weighted by molar-refractivity contribution is -0.436. The third-order valence-corrected chi connectivity index (χ3v) is 4.02. The fourth-order valence-corrected chi connectivity index (χ4v) is 2.74. The summed E-state index contributed by atoms with van der Waals surface area (Å²) in [5.41, 5.74) is 0.915. The Balaban J connectivity index is 2.14. The van der Waals surface area contributed by atoms with E-state index in [9.17, 15) is 14.9 Å². The molecule has 1 aromatic carbocycles. The van der Waals surface area contributed by atoms with Crippen molar-refractivity contribution < 1.29 is 19.2 Å². The molecule has 22 heavy (non-hydrogen) atoms. The van der Waals surface area contributed by atoms with Crippen molar-refractivity contribution >= 4 is 6.03 Å². The van der Waals surface area contributed by atoms with Gasteiger partial charge in [0, 0.05) is 14.1 Å². The van der Waals surface area contributed by atoms with E-state index in [0.29, 0.717) is 22.8 Å². The average molecular weight is 305 g/mol. The van der Waals surface area contributed by atoms with Crippen LogP contribution in [0, 0.1) is 10.1 Å². The second kappa shape index (κ2) is 4.90. The molecule has 0 aliphatic carbocycles. The summed E-state index contributed by atoms with van der Waals surface area (Å²) in [5, 5.41) is 11.5. The van der Waals surface area contributed by atoms with Gasteiger partial charge in [-0.1, -0.05) is 6.07 Å². The Morgan fingerprint density at radius 1 is 1.27 bits per heavy atom. The lowest BCUT2D eigenvalue weighted by Crippen LogP contribution is -2.47. The van der Waals surface area contributed by atoms with Crippen LogP contribution in [0.5, 0.6) is 11.5 Å². The van der Waals surface area contributed by atoms with Crippen LogP contribution >= 0.6 is 0 Å². The molecule has 0 aromatic heterocycles. The molecule has 0 bridgehead atoms. The van der Waals surface area contributed by atoms with Gasteiger partial charge in [0.25, 0.3) is 5.70 Å². The minimum atomic E-state index is -0.770. The second-order valence-electron chi connectivity index (χ2n) is 5.20. The van der Waals surface area contributed by atoms with Gasteiger partial charge in [-0.3, -0.25) is 15.0 Å². The lowest BCUT2D eigenvalue weighted by Gasteiger charge is -2.36. The van der Waals surface area contributed by atoms with Crippen molar-refractivity contribution in [3.05, 3.63) is 45.3 Å². The third kappa shape index (κ3) is 1.95. The average Bonchev–Trinajstić information content (AvgIpc) is 2.95. The zero-order chi connectivity index (χ0) is 16.0. The van der Waals surface area contributed by atoms with E-state index in [1.54, 1.807) is 32.2 Å². The number of rotatable bonds is 2. The highest BCUT2D eigenvalue weighted by molar-refractivity contribution is 5.78. The summed E-state index contributed by atoms with van der Waals surface area (Å²) in [6, 6.07) is 4.02. The zero-order valence-electron chi connectivity index (χ0n) is 12.4. The molecule has 2 aliphatic heterocycles. The summed E-state index contributed by atoms with van der Waals surface area (Å²) in [7, 11) is 3.07. The maximum Gasteiger partial charge on any atom is 0.324 e. The summed E-state index contributed by atoms with van der Waals surface area (Å²) in [5.74, 6) is 1.12. The number of carbonyl (C=O) groups is 1. The molecular weight excluding hydrogens is 290 g/mol. The van der Waals surface area contributed by atoms with E-state index in [2.05, 4.69) is 0 Å². The Kier molecular flexibility index (Phi) is 3.16. The number of fused-ring (bicyclic) bond motifs is 1. The standard InChI is InChI=1S/C14H15N3O5/c1-8-12(17(19)20)13(16(3)14(18)15(8)2)9-4-5-10-11(6-9)22-7-21-10/h4-6,13H,7H2,1-3H3/t13-/m1/s1. The Morgan fingerprint density at radius 2 is 1.95 bits per heavy atom. The van der Waals surface area contributed by atoms with Crippen LogP contribution in [-0.2, 0) is 0 Å². The summed E-state index contributed by atoms with van der Waals surface area (Å²) in [6.07, 6.45) is 0. The van der Waals surface area contributed by atoms with Gasteiger partial charge in [-0.25, -0.2) is 4.79 Å². The number of amides is 2. The predicted molar refractivity (Wildman–Crippen MR) is 75.9 cm³/mol. The fourth-order valence-electron chi connectivity index (χ4n) is 2.74. The van der Waals surface area contributed by atoms with Crippen molar-refractivity contribution in [3.8, 4) is 11.5 Å². The highest BCUT2D eigenvalue weighted by atomic mass is 16.7. The minimum absolute atomic E-state index is 0.0246. The number of benzene rings is 1. The summed E-state index contributed by atoms with van der Waals surface area (Å²) in [4.78, 5) is 26.0.